The first kappa shape index (κ1) is 17.9. The summed E-state index contributed by atoms with van der Waals surface area (Å²) in [6, 6.07) is 2.32. The zero-order valence-electron chi connectivity index (χ0n) is 13.8. The van der Waals surface area contributed by atoms with Crippen molar-refractivity contribution in [2.45, 2.75) is 57.0 Å². The van der Waals surface area contributed by atoms with Gasteiger partial charge in [-0.05, 0) is 32.6 Å². The molecule has 2 aliphatic rings. The number of aromatic amines is 1. The van der Waals surface area contributed by atoms with E-state index in [4.69, 9.17) is 0 Å². The molecule has 25 heavy (non-hydrogen) atoms. The smallest absolute Gasteiger partial charge is 0.311 e. The minimum atomic E-state index is -4.64. The molecule has 6 nitrogen and oxygen atoms in total. The average Bonchev–Trinajstić information content (AvgIpc) is 2.54. The number of nitriles is 1. The van der Waals surface area contributed by atoms with Crippen molar-refractivity contribution in [2.75, 3.05) is 13.1 Å². The van der Waals surface area contributed by atoms with E-state index >= 15 is 0 Å². The molecule has 1 atom stereocenters. The number of fused-ring (bicyclic) bond motifs is 1. The van der Waals surface area contributed by atoms with Crippen LogP contribution in [0, 0.1) is 18.3 Å². The van der Waals surface area contributed by atoms with Crippen molar-refractivity contribution in [3.05, 3.63) is 27.4 Å². The molecule has 1 aromatic rings. The van der Waals surface area contributed by atoms with Crippen LogP contribution in [-0.4, -0.2) is 46.0 Å². The Balaban J connectivity index is 1.75. The maximum Gasteiger partial charge on any atom is 0.522 e. The molecule has 0 saturated carbocycles. The number of hydrogen-bond acceptors (Lipinski definition) is 5. The molecule has 1 saturated heterocycles. The number of H-pyrrole nitrogens is 1. The van der Waals surface area contributed by atoms with E-state index in [9.17, 15) is 23.2 Å². The Labute approximate surface area is 142 Å². The number of nitrogens with zero attached hydrogens (tertiary/aromatic N) is 3. The van der Waals surface area contributed by atoms with E-state index in [1.807, 2.05) is 4.90 Å². The third-order valence-corrected chi connectivity index (χ3v) is 5.02. The van der Waals surface area contributed by atoms with Crippen molar-refractivity contribution in [3.63, 3.8) is 0 Å². The van der Waals surface area contributed by atoms with Gasteiger partial charge in [0.25, 0.3) is 5.56 Å². The number of aromatic nitrogens is 2. The van der Waals surface area contributed by atoms with Crippen LogP contribution in [0.5, 0.6) is 0 Å². The summed E-state index contributed by atoms with van der Waals surface area (Å²) in [4.78, 5) is 21.1. The molecule has 0 spiro atoms. The number of halogens is 3. The molecule has 1 unspecified atom stereocenters. The molecular formula is C16H19F3N4O2. The lowest BCUT2D eigenvalue weighted by Gasteiger charge is -2.44. The fraction of sp³-hybridized carbons (Fsp3) is 0.688. The predicted octanol–water partition coefficient (Wildman–Crippen LogP) is 1.83. The van der Waals surface area contributed by atoms with Crippen molar-refractivity contribution in [1.82, 2.24) is 14.9 Å². The molecule has 2 heterocycles. The van der Waals surface area contributed by atoms with Crippen molar-refractivity contribution >= 4 is 0 Å². The fourth-order valence-corrected chi connectivity index (χ4v) is 3.79. The summed E-state index contributed by atoms with van der Waals surface area (Å²) >= 11 is 0. The summed E-state index contributed by atoms with van der Waals surface area (Å²) in [5.41, 5.74) is 0.103. The van der Waals surface area contributed by atoms with Gasteiger partial charge in [0.15, 0.2) is 0 Å². The molecule has 0 bridgehead atoms. The molecule has 9 heteroatoms. The second kappa shape index (κ2) is 6.42. The van der Waals surface area contributed by atoms with Crippen molar-refractivity contribution in [1.29, 1.82) is 5.26 Å². The van der Waals surface area contributed by atoms with E-state index in [0.29, 0.717) is 43.0 Å². The first-order valence-electron chi connectivity index (χ1n) is 8.22. The highest BCUT2D eigenvalue weighted by Gasteiger charge is 2.44. The summed E-state index contributed by atoms with van der Waals surface area (Å²) in [5.74, 6) is 0.540. The Hall–Kier alpha value is -1.92. The molecule has 1 aromatic heterocycles. The highest BCUT2D eigenvalue weighted by molar-refractivity contribution is 5.29. The molecule has 0 amide bonds. The maximum absolute atomic E-state index is 12.3. The highest BCUT2D eigenvalue weighted by atomic mass is 19.4. The Bertz CT molecular complexity index is 747. The van der Waals surface area contributed by atoms with Gasteiger partial charge < -0.3 is 4.98 Å². The first-order valence-corrected chi connectivity index (χ1v) is 8.22. The minimum Gasteiger partial charge on any atom is -0.311 e. The van der Waals surface area contributed by atoms with Gasteiger partial charge in [-0.15, -0.1) is 13.2 Å². The van der Waals surface area contributed by atoms with Crippen LogP contribution >= 0.6 is 0 Å². The average molecular weight is 356 g/mol. The van der Waals surface area contributed by atoms with Crippen LogP contribution < -0.4 is 5.56 Å². The van der Waals surface area contributed by atoms with Crippen LogP contribution in [0.15, 0.2) is 4.79 Å². The predicted molar refractivity (Wildman–Crippen MR) is 81.7 cm³/mol. The second-order valence-corrected chi connectivity index (χ2v) is 6.65. The molecule has 0 aromatic carbocycles. The van der Waals surface area contributed by atoms with E-state index < -0.39 is 18.0 Å². The molecule has 0 radical (unpaired) electrons. The van der Waals surface area contributed by atoms with Gasteiger partial charge in [-0.3, -0.25) is 14.4 Å². The molecular weight excluding hydrogens is 337 g/mol. The SMILES string of the molecule is Cc1nc2c(c(=O)[nH]1)CC(C#N)(N1CCC(OC(F)(F)F)CC1)CC2. The molecule has 1 aliphatic heterocycles. The number of piperidine rings is 1. The zero-order chi connectivity index (χ0) is 18.2. The van der Waals surface area contributed by atoms with Gasteiger partial charge in [-0.1, -0.05) is 0 Å². The van der Waals surface area contributed by atoms with E-state index in [2.05, 4.69) is 20.8 Å². The standard InChI is InChI=1S/C16H19F3N4O2/c1-10-21-13-2-5-15(9-20,8-12(13)14(24)22-10)23-6-3-11(4-7-23)25-16(17,18)19/h11H,2-8H2,1H3,(H,21,22,24). The van der Waals surface area contributed by atoms with E-state index in [1.54, 1.807) is 6.92 Å². The van der Waals surface area contributed by atoms with E-state index in [1.165, 1.54) is 0 Å². The highest BCUT2D eigenvalue weighted by Crippen LogP contribution is 2.34. The molecule has 1 fully saturated rings. The van der Waals surface area contributed by atoms with E-state index in [-0.39, 0.29) is 24.8 Å². The molecule has 136 valence electrons. The monoisotopic (exact) mass is 356 g/mol. The molecule has 1 aliphatic carbocycles. The van der Waals surface area contributed by atoms with Crippen molar-refractivity contribution < 1.29 is 17.9 Å². The van der Waals surface area contributed by atoms with Gasteiger partial charge in [0, 0.05) is 25.1 Å². The molecule has 3 rings (SSSR count). The lowest BCUT2D eigenvalue weighted by Crippen LogP contribution is -2.56. The minimum absolute atomic E-state index is 0.207. The van der Waals surface area contributed by atoms with Crippen molar-refractivity contribution in [3.8, 4) is 6.07 Å². The van der Waals surface area contributed by atoms with Gasteiger partial charge >= 0.3 is 6.36 Å². The van der Waals surface area contributed by atoms with Gasteiger partial charge in [0.2, 0.25) is 0 Å². The summed E-state index contributed by atoms with van der Waals surface area (Å²) in [6.45, 7) is 2.38. The Morgan fingerprint density at radius 1 is 1.40 bits per heavy atom. The van der Waals surface area contributed by atoms with Gasteiger partial charge in [0.1, 0.15) is 11.4 Å². The maximum atomic E-state index is 12.3. The lowest BCUT2D eigenvalue weighted by molar-refractivity contribution is -0.346. The van der Waals surface area contributed by atoms with Gasteiger partial charge in [-0.25, -0.2) is 4.98 Å². The van der Waals surface area contributed by atoms with Gasteiger partial charge in [-0.2, -0.15) is 5.26 Å². The number of aryl methyl sites for hydroxylation is 2. The lowest BCUT2D eigenvalue weighted by atomic mass is 9.79. The zero-order valence-corrected chi connectivity index (χ0v) is 13.8. The number of likely N-dealkylation sites (tertiary alicyclic amines) is 1. The number of ether oxygens (including phenoxy) is 1. The van der Waals surface area contributed by atoms with E-state index in [0.717, 1.165) is 0 Å². The Morgan fingerprint density at radius 3 is 2.68 bits per heavy atom. The Morgan fingerprint density at radius 2 is 2.08 bits per heavy atom. The molecule has 1 N–H and O–H groups in total. The van der Waals surface area contributed by atoms with Crippen LogP contribution in [0.4, 0.5) is 13.2 Å². The summed E-state index contributed by atoms with van der Waals surface area (Å²) in [6.07, 6.45) is -3.84. The fourth-order valence-electron chi connectivity index (χ4n) is 3.79. The van der Waals surface area contributed by atoms with Crippen LogP contribution in [0.3, 0.4) is 0 Å². The topological polar surface area (TPSA) is 82.0 Å². The second-order valence-electron chi connectivity index (χ2n) is 6.65. The summed E-state index contributed by atoms with van der Waals surface area (Å²) in [7, 11) is 0. The number of alkyl halides is 3. The third-order valence-electron chi connectivity index (χ3n) is 5.02. The van der Waals surface area contributed by atoms with Gasteiger partial charge in [0.05, 0.1) is 17.9 Å². The number of hydrogen-bond donors (Lipinski definition) is 1. The first-order chi connectivity index (χ1) is 11.7. The largest absolute Gasteiger partial charge is 0.522 e. The summed E-state index contributed by atoms with van der Waals surface area (Å²) < 4.78 is 41.1. The number of rotatable bonds is 2. The van der Waals surface area contributed by atoms with Crippen LogP contribution in [-0.2, 0) is 17.6 Å². The quantitative estimate of drug-likeness (QED) is 0.874. The van der Waals surface area contributed by atoms with Crippen LogP contribution in [0.2, 0.25) is 0 Å². The van der Waals surface area contributed by atoms with Crippen LogP contribution in [0.25, 0.3) is 0 Å². The third kappa shape index (κ3) is 3.70. The summed E-state index contributed by atoms with van der Waals surface area (Å²) in [5, 5.41) is 9.78. The van der Waals surface area contributed by atoms with Crippen LogP contribution in [0.1, 0.15) is 36.3 Å². The number of nitrogens with one attached hydrogen (secondary N) is 1. The Kier molecular flexibility index (Phi) is 4.60. The normalized spacial score (nSPS) is 25.4. The van der Waals surface area contributed by atoms with Crippen molar-refractivity contribution in [2.24, 2.45) is 0 Å².